The van der Waals surface area contributed by atoms with Crippen LogP contribution in [0.2, 0.25) is 0 Å². The normalized spacial score (nSPS) is 25.8. The van der Waals surface area contributed by atoms with Crippen LogP contribution in [0.4, 0.5) is 5.69 Å². The average Bonchev–Trinajstić information content (AvgIpc) is 2.66. The van der Waals surface area contributed by atoms with E-state index in [-0.39, 0.29) is 29.4 Å². The zero-order valence-electron chi connectivity index (χ0n) is 10.7. The van der Waals surface area contributed by atoms with Gasteiger partial charge in [0.15, 0.2) is 0 Å². The Balaban J connectivity index is 1.99. The number of imide groups is 1. The minimum atomic E-state index is -0.216. The molecular weight excluding hydrogens is 242 g/mol. The van der Waals surface area contributed by atoms with Crippen LogP contribution in [0.1, 0.15) is 18.4 Å². The molecule has 0 spiro atoms. The highest BCUT2D eigenvalue weighted by molar-refractivity contribution is 6.22. The van der Waals surface area contributed by atoms with E-state index in [4.69, 9.17) is 0 Å². The second-order valence-electron chi connectivity index (χ2n) is 5.14. The fraction of sp³-hybridized carbons (Fsp3) is 0.333. The summed E-state index contributed by atoms with van der Waals surface area (Å²) in [5, 5.41) is 9.53. The summed E-state index contributed by atoms with van der Waals surface area (Å²) in [6.07, 6.45) is 5.22. The predicted octanol–water partition coefficient (Wildman–Crippen LogP) is 2.16. The topological polar surface area (TPSA) is 57.6 Å². The molecule has 0 radical (unpaired) electrons. The molecule has 0 unspecified atom stereocenters. The Bertz CT molecular complexity index is 565. The lowest BCUT2D eigenvalue weighted by molar-refractivity contribution is -0.122. The Hall–Kier alpha value is -2.10. The number of hydrogen-bond acceptors (Lipinski definition) is 3. The summed E-state index contributed by atoms with van der Waals surface area (Å²) >= 11 is 0. The van der Waals surface area contributed by atoms with Crippen LogP contribution in [-0.4, -0.2) is 16.9 Å². The van der Waals surface area contributed by atoms with Crippen molar-refractivity contribution in [3.8, 4) is 5.75 Å². The van der Waals surface area contributed by atoms with Gasteiger partial charge < -0.3 is 5.11 Å². The number of carbonyl (C=O) groups is 2. The summed E-state index contributed by atoms with van der Waals surface area (Å²) in [7, 11) is 0. The number of aryl methyl sites for hydroxylation is 1. The number of nitrogens with zero attached hydrogens (tertiary/aromatic N) is 1. The van der Waals surface area contributed by atoms with Crippen molar-refractivity contribution >= 4 is 17.5 Å². The summed E-state index contributed by atoms with van der Waals surface area (Å²) in [5.41, 5.74) is 1.21. The van der Waals surface area contributed by atoms with Crippen LogP contribution >= 0.6 is 0 Å². The first-order valence-corrected chi connectivity index (χ1v) is 6.42. The van der Waals surface area contributed by atoms with Crippen LogP contribution in [0.5, 0.6) is 5.75 Å². The molecule has 1 heterocycles. The molecule has 4 nitrogen and oxygen atoms in total. The number of benzene rings is 1. The number of phenolic OH excluding ortho intramolecular Hbond substituents is 1. The van der Waals surface area contributed by atoms with Crippen molar-refractivity contribution in [2.45, 2.75) is 19.8 Å². The van der Waals surface area contributed by atoms with Crippen LogP contribution < -0.4 is 4.90 Å². The van der Waals surface area contributed by atoms with Gasteiger partial charge in [0.2, 0.25) is 11.8 Å². The molecule has 4 heteroatoms. The van der Waals surface area contributed by atoms with E-state index in [1.807, 2.05) is 12.2 Å². The molecule has 1 aliphatic heterocycles. The average molecular weight is 257 g/mol. The molecule has 98 valence electrons. The molecule has 2 aliphatic rings. The van der Waals surface area contributed by atoms with Crippen molar-refractivity contribution in [1.29, 1.82) is 0 Å². The summed E-state index contributed by atoms with van der Waals surface area (Å²) in [5.74, 6) is -0.506. The monoisotopic (exact) mass is 257 g/mol. The Kier molecular flexibility index (Phi) is 2.66. The first-order chi connectivity index (χ1) is 9.09. The van der Waals surface area contributed by atoms with Crippen molar-refractivity contribution in [2.24, 2.45) is 11.8 Å². The smallest absolute Gasteiger partial charge is 0.238 e. The molecule has 2 amide bonds. The SMILES string of the molecule is Cc1cc(N2C(=O)[C@H]3CC=CC[C@H]3C2=O)ccc1O. The highest BCUT2D eigenvalue weighted by atomic mass is 16.3. The molecule has 1 aromatic carbocycles. The van der Waals surface area contributed by atoms with Gasteiger partial charge in [-0.1, -0.05) is 12.2 Å². The van der Waals surface area contributed by atoms with Gasteiger partial charge in [-0.25, -0.2) is 0 Å². The molecule has 1 aromatic rings. The van der Waals surface area contributed by atoms with Gasteiger partial charge in [-0.05, 0) is 43.5 Å². The fourth-order valence-electron chi connectivity index (χ4n) is 2.83. The Morgan fingerprint density at radius 2 is 1.68 bits per heavy atom. The molecule has 19 heavy (non-hydrogen) atoms. The van der Waals surface area contributed by atoms with E-state index < -0.39 is 0 Å². The molecule has 1 fully saturated rings. The van der Waals surface area contributed by atoms with Crippen molar-refractivity contribution < 1.29 is 14.7 Å². The Morgan fingerprint density at radius 3 is 2.21 bits per heavy atom. The van der Waals surface area contributed by atoms with Gasteiger partial charge in [0, 0.05) is 0 Å². The highest BCUT2D eigenvalue weighted by Crippen LogP contribution is 2.38. The maximum atomic E-state index is 12.4. The van der Waals surface area contributed by atoms with Gasteiger partial charge in [0.1, 0.15) is 5.75 Å². The Labute approximate surface area is 111 Å². The summed E-state index contributed by atoms with van der Waals surface area (Å²) < 4.78 is 0. The molecular formula is C15H15NO3. The third-order valence-electron chi connectivity index (χ3n) is 3.95. The third-order valence-corrected chi connectivity index (χ3v) is 3.95. The van der Waals surface area contributed by atoms with E-state index in [2.05, 4.69) is 0 Å². The zero-order chi connectivity index (χ0) is 13.6. The van der Waals surface area contributed by atoms with Crippen LogP contribution in [0, 0.1) is 18.8 Å². The molecule has 0 saturated carbocycles. The van der Waals surface area contributed by atoms with E-state index >= 15 is 0 Å². The minimum absolute atomic E-state index is 0.121. The quantitative estimate of drug-likeness (QED) is 0.619. The second-order valence-corrected chi connectivity index (χ2v) is 5.14. The standard InChI is InChI=1S/C15H15NO3/c1-9-8-10(6-7-13(9)17)16-14(18)11-4-2-3-5-12(11)15(16)19/h2-3,6-8,11-12,17H,4-5H2,1H3/t11-,12+. The number of anilines is 1. The fourth-order valence-corrected chi connectivity index (χ4v) is 2.83. The number of allylic oxidation sites excluding steroid dienone is 2. The molecule has 1 aliphatic carbocycles. The van der Waals surface area contributed by atoms with Crippen molar-refractivity contribution in [1.82, 2.24) is 0 Å². The van der Waals surface area contributed by atoms with Gasteiger partial charge in [-0.2, -0.15) is 0 Å². The van der Waals surface area contributed by atoms with Gasteiger partial charge in [0.05, 0.1) is 17.5 Å². The highest BCUT2D eigenvalue weighted by Gasteiger charge is 2.47. The summed E-state index contributed by atoms with van der Waals surface area (Å²) in [4.78, 5) is 26.0. The Morgan fingerprint density at radius 1 is 1.11 bits per heavy atom. The van der Waals surface area contributed by atoms with Crippen molar-refractivity contribution in [2.75, 3.05) is 4.90 Å². The molecule has 1 saturated heterocycles. The van der Waals surface area contributed by atoms with Crippen LogP contribution in [-0.2, 0) is 9.59 Å². The molecule has 2 atom stereocenters. The van der Waals surface area contributed by atoms with E-state index in [1.165, 1.54) is 11.0 Å². The van der Waals surface area contributed by atoms with Gasteiger partial charge in [0.25, 0.3) is 0 Å². The molecule has 0 aromatic heterocycles. The number of carbonyl (C=O) groups excluding carboxylic acids is 2. The van der Waals surface area contributed by atoms with Crippen molar-refractivity contribution in [3.63, 3.8) is 0 Å². The largest absolute Gasteiger partial charge is 0.508 e. The minimum Gasteiger partial charge on any atom is -0.508 e. The molecule has 1 N–H and O–H groups in total. The lowest BCUT2D eigenvalue weighted by atomic mass is 9.85. The second kappa shape index (κ2) is 4.23. The zero-order valence-corrected chi connectivity index (χ0v) is 10.7. The van der Waals surface area contributed by atoms with E-state index in [1.54, 1.807) is 19.1 Å². The van der Waals surface area contributed by atoms with Crippen LogP contribution in [0.3, 0.4) is 0 Å². The van der Waals surface area contributed by atoms with Gasteiger partial charge in [-0.3, -0.25) is 14.5 Å². The number of fused-ring (bicyclic) bond motifs is 1. The number of rotatable bonds is 1. The lowest BCUT2D eigenvalue weighted by Crippen LogP contribution is -2.30. The number of hydrogen-bond donors (Lipinski definition) is 1. The number of phenols is 1. The number of amides is 2. The lowest BCUT2D eigenvalue weighted by Gasteiger charge is -2.15. The summed E-state index contributed by atoms with van der Waals surface area (Å²) in [6, 6.07) is 4.81. The molecule has 0 bridgehead atoms. The van der Waals surface area contributed by atoms with Crippen molar-refractivity contribution in [3.05, 3.63) is 35.9 Å². The van der Waals surface area contributed by atoms with Gasteiger partial charge in [-0.15, -0.1) is 0 Å². The summed E-state index contributed by atoms with van der Waals surface area (Å²) in [6.45, 7) is 1.75. The maximum Gasteiger partial charge on any atom is 0.238 e. The van der Waals surface area contributed by atoms with Crippen LogP contribution in [0.15, 0.2) is 30.4 Å². The maximum absolute atomic E-state index is 12.4. The van der Waals surface area contributed by atoms with E-state index in [0.717, 1.165) is 0 Å². The predicted molar refractivity (Wildman–Crippen MR) is 70.7 cm³/mol. The van der Waals surface area contributed by atoms with Crippen LogP contribution in [0.25, 0.3) is 0 Å². The third kappa shape index (κ3) is 1.75. The van der Waals surface area contributed by atoms with E-state index in [9.17, 15) is 14.7 Å². The first kappa shape index (κ1) is 12.0. The van der Waals surface area contributed by atoms with E-state index in [0.29, 0.717) is 24.1 Å². The number of aromatic hydroxyl groups is 1. The molecule has 3 rings (SSSR count). The van der Waals surface area contributed by atoms with Gasteiger partial charge >= 0.3 is 0 Å². The first-order valence-electron chi connectivity index (χ1n) is 6.42.